The van der Waals surface area contributed by atoms with Crippen molar-refractivity contribution in [1.82, 2.24) is 10.2 Å². The molecule has 0 saturated heterocycles. The topological polar surface area (TPSA) is 58.6 Å². The first kappa shape index (κ1) is 24.9. The Morgan fingerprint density at radius 3 is 2.10 bits per heavy atom. The number of carbonyl (C=O) groups is 2. The Balaban J connectivity index is 2.12. The number of hydrogen-bond acceptors (Lipinski definition) is 3. The first-order valence-corrected chi connectivity index (χ1v) is 11.3. The molecule has 0 spiro atoms. The van der Waals surface area contributed by atoms with Crippen molar-refractivity contribution < 1.29 is 14.3 Å². The summed E-state index contributed by atoms with van der Waals surface area (Å²) in [5, 5.41) is 2.89. The van der Waals surface area contributed by atoms with Gasteiger partial charge >= 0.3 is 0 Å². The molecule has 0 unspecified atom stereocenters. The van der Waals surface area contributed by atoms with Gasteiger partial charge in [-0.1, -0.05) is 61.0 Å². The van der Waals surface area contributed by atoms with Crippen molar-refractivity contribution >= 4 is 27.7 Å². The molecule has 0 fully saturated rings. The van der Waals surface area contributed by atoms with Gasteiger partial charge in [-0.05, 0) is 61.6 Å². The Morgan fingerprint density at radius 1 is 1.00 bits per heavy atom. The molecule has 2 rings (SSSR count). The molecule has 5 nitrogen and oxygen atoms in total. The first-order chi connectivity index (χ1) is 14.5. The van der Waals surface area contributed by atoms with Crippen LogP contribution >= 0.6 is 15.9 Å². The second-order valence-corrected chi connectivity index (χ2v) is 9.97. The zero-order valence-corrected chi connectivity index (χ0v) is 20.8. The van der Waals surface area contributed by atoms with Crippen molar-refractivity contribution in [1.29, 1.82) is 0 Å². The summed E-state index contributed by atoms with van der Waals surface area (Å²) in [5.74, 6) is 0.202. The van der Waals surface area contributed by atoms with Crippen molar-refractivity contribution in [3.63, 3.8) is 0 Å². The summed E-state index contributed by atoms with van der Waals surface area (Å²) in [5.41, 5.74) is 2.19. The van der Waals surface area contributed by atoms with Crippen LogP contribution in [-0.2, 0) is 21.5 Å². The number of benzene rings is 2. The van der Waals surface area contributed by atoms with Crippen LogP contribution in [0.2, 0.25) is 0 Å². The van der Waals surface area contributed by atoms with Gasteiger partial charge in [-0.15, -0.1) is 0 Å². The number of halogens is 1. The molecule has 0 heterocycles. The average molecular weight is 489 g/mol. The second kappa shape index (κ2) is 10.8. The molecular formula is C25H33BrN2O3. The van der Waals surface area contributed by atoms with Crippen molar-refractivity contribution in [3.05, 3.63) is 64.1 Å². The highest BCUT2D eigenvalue weighted by Crippen LogP contribution is 2.24. The van der Waals surface area contributed by atoms with Gasteiger partial charge in [0.25, 0.3) is 5.91 Å². The molecule has 0 saturated carbocycles. The summed E-state index contributed by atoms with van der Waals surface area (Å²) in [6.45, 7) is 12.2. The van der Waals surface area contributed by atoms with Crippen molar-refractivity contribution in [2.24, 2.45) is 0 Å². The third kappa shape index (κ3) is 7.69. The van der Waals surface area contributed by atoms with E-state index in [0.29, 0.717) is 12.3 Å². The van der Waals surface area contributed by atoms with Gasteiger partial charge in [0.15, 0.2) is 6.61 Å². The van der Waals surface area contributed by atoms with Gasteiger partial charge < -0.3 is 15.0 Å². The smallest absolute Gasteiger partial charge is 0.261 e. The van der Waals surface area contributed by atoms with E-state index in [0.717, 1.165) is 10.0 Å². The molecule has 2 amide bonds. The summed E-state index contributed by atoms with van der Waals surface area (Å²) >= 11 is 3.42. The van der Waals surface area contributed by atoms with E-state index in [1.54, 1.807) is 11.8 Å². The molecule has 0 aliphatic rings. The van der Waals surface area contributed by atoms with E-state index in [1.165, 1.54) is 5.56 Å². The number of nitrogens with zero attached hydrogens (tertiary/aromatic N) is 1. The summed E-state index contributed by atoms with van der Waals surface area (Å²) in [7, 11) is 0. The van der Waals surface area contributed by atoms with Gasteiger partial charge in [0.1, 0.15) is 11.8 Å². The van der Waals surface area contributed by atoms with Crippen molar-refractivity contribution in [2.75, 3.05) is 6.61 Å². The molecule has 168 valence electrons. The predicted molar refractivity (Wildman–Crippen MR) is 128 cm³/mol. The Bertz CT molecular complexity index is 871. The average Bonchev–Trinajstić information content (AvgIpc) is 2.70. The Labute approximate surface area is 194 Å². The van der Waals surface area contributed by atoms with Crippen LogP contribution in [0.15, 0.2) is 53.0 Å². The third-order valence-electron chi connectivity index (χ3n) is 4.95. The summed E-state index contributed by atoms with van der Waals surface area (Å²) in [6.07, 6.45) is 0. The zero-order valence-electron chi connectivity index (χ0n) is 19.2. The van der Waals surface area contributed by atoms with Gasteiger partial charge in [-0.3, -0.25) is 9.59 Å². The summed E-state index contributed by atoms with van der Waals surface area (Å²) < 4.78 is 6.71. The molecule has 31 heavy (non-hydrogen) atoms. The molecule has 0 bridgehead atoms. The maximum atomic E-state index is 13.1. The normalized spacial score (nSPS) is 12.4. The van der Waals surface area contributed by atoms with Gasteiger partial charge in [0, 0.05) is 17.1 Å². The Morgan fingerprint density at radius 2 is 1.58 bits per heavy atom. The maximum Gasteiger partial charge on any atom is 0.261 e. The fourth-order valence-electron chi connectivity index (χ4n) is 3.05. The fourth-order valence-corrected chi connectivity index (χ4v) is 3.32. The van der Waals surface area contributed by atoms with E-state index in [9.17, 15) is 9.59 Å². The second-order valence-electron chi connectivity index (χ2n) is 9.05. The zero-order chi connectivity index (χ0) is 23.2. The monoisotopic (exact) mass is 488 g/mol. The van der Waals surface area contributed by atoms with E-state index in [4.69, 9.17) is 4.74 Å². The van der Waals surface area contributed by atoms with Gasteiger partial charge in [-0.25, -0.2) is 0 Å². The number of ether oxygens (including phenoxy) is 1. The van der Waals surface area contributed by atoms with E-state index >= 15 is 0 Å². The lowest BCUT2D eigenvalue weighted by Crippen LogP contribution is -2.50. The predicted octanol–water partition coefficient (Wildman–Crippen LogP) is 5.07. The maximum absolute atomic E-state index is 13.1. The first-order valence-electron chi connectivity index (χ1n) is 10.5. The number of rotatable bonds is 8. The highest BCUT2D eigenvalue weighted by Gasteiger charge is 2.27. The number of carbonyl (C=O) groups excluding carboxylic acids is 2. The van der Waals surface area contributed by atoms with Crippen molar-refractivity contribution in [2.45, 2.75) is 65.6 Å². The largest absolute Gasteiger partial charge is 0.484 e. The molecule has 0 aliphatic heterocycles. The van der Waals surface area contributed by atoms with E-state index in [-0.39, 0.29) is 29.9 Å². The van der Waals surface area contributed by atoms with Crippen LogP contribution in [0.5, 0.6) is 5.75 Å². The lowest BCUT2D eigenvalue weighted by atomic mass is 9.87. The molecule has 1 N–H and O–H groups in total. The Kier molecular flexibility index (Phi) is 8.69. The van der Waals surface area contributed by atoms with Crippen LogP contribution in [0.1, 0.15) is 52.7 Å². The molecule has 2 aromatic carbocycles. The van der Waals surface area contributed by atoms with Crippen molar-refractivity contribution in [3.8, 4) is 5.75 Å². The van der Waals surface area contributed by atoms with Crippen LogP contribution in [-0.4, -0.2) is 35.4 Å². The van der Waals surface area contributed by atoms with Crippen LogP contribution in [0.4, 0.5) is 0 Å². The minimum Gasteiger partial charge on any atom is -0.484 e. The SMILES string of the molecule is CC(C)NC(=O)[C@H](C)N(Cc1ccc(Br)cc1)C(=O)COc1ccc(C(C)(C)C)cc1. The van der Waals surface area contributed by atoms with Gasteiger partial charge in [0.2, 0.25) is 5.91 Å². The Hall–Kier alpha value is -2.34. The molecule has 6 heteroatoms. The standard InChI is InChI=1S/C25H33BrN2O3/c1-17(2)27-24(30)18(3)28(15-19-7-11-21(26)12-8-19)23(29)16-31-22-13-9-20(10-14-22)25(4,5)6/h7-14,17-18H,15-16H2,1-6H3,(H,27,30)/t18-/m0/s1. The summed E-state index contributed by atoms with van der Waals surface area (Å²) in [6, 6.07) is 14.9. The number of amides is 2. The molecule has 0 aromatic heterocycles. The lowest BCUT2D eigenvalue weighted by molar-refractivity contribution is -0.142. The highest BCUT2D eigenvalue weighted by molar-refractivity contribution is 9.10. The molecule has 0 aliphatic carbocycles. The van der Waals surface area contributed by atoms with Crippen LogP contribution in [0.3, 0.4) is 0 Å². The van der Waals surface area contributed by atoms with Gasteiger partial charge in [-0.2, -0.15) is 0 Å². The number of nitrogens with one attached hydrogen (secondary N) is 1. The van der Waals surface area contributed by atoms with Gasteiger partial charge in [0.05, 0.1) is 0 Å². The van der Waals surface area contributed by atoms with Crippen LogP contribution in [0, 0.1) is 0 Å². The molecule has 1 atom stereocenters. The summed E-state index contributed by atoms with van der Waals surface area (Å²) in [4.78, 5) is 27.2. The molecular weight excluding hydrogens is 456 g/mol. The minimum absolute atomic E-state index is 0.00263. The quantitative estimate of drug-likeness (QED) is 0.564. The number of hydrogen-bond donors (Lipinski definition) is 1. The van der Waals surface area contributed by atoms with Crippen LogP contribution in [0.25, 0.3) is 0 Å². The lowest BCUT2D eigenvalue weighted by Gasteiger charge is -2.29. The molecule has 0 radical (unpaired) electrons. The molecule has 2 aromatic rings. The highest BCUT2D eigenvalue weighted by atomic mass is 79.9. The van der Waals surface area contributed by atoms with E-state index < -0.39 is 6.04 Å². The van der Waals surface area contributed by atoms with E-state index in [2.05, 4.69) is 42.0 Å². The minimum atomic E-state index is -0.620. The van der Waals surface area contributed by atoms with E-state index in [1.807, 2.05) is 62.4 Å². The third-order valence-corrected chi connectivity index (χ3v) is 5.48. The van der Waals surface area contributed by atoms with Crippen LogP contribution < -0.4 is 10.1 Å². The fraction of sp³-hybridized carbons (Fsp3) is 0.440.